The van der Waals surface area contributed by atoms with Crippen molar-refractivity contribution in [3.05, 3.63) is 0 Å². The van der Waals surface area contributed by atoms with E-state index in [1.807, 2.05) is 6.92 Å². The average molecular weight is 433 g/mol. The number of carbonyl (C=O) groups excluding carboxylic acids is 2. The fourth-order valence-electron chi connectivity index (χ4n) is 2.85. The van der Waals surface area contributed by atoms with Gasteiger partial charge in [0.2, 0.25) is 0 Å². The molecule has 3 N–H and O–H groups in total. The lowest BCUT2D eigenvalue weighted by molar-refractivity contribution is -0.162. The van der Waals surface area contributed by atoms with Gasteiger partial charge in [0.15, 0.2) is 0 Å². The van der Waals surface area contributed by atoms with Crippen molar-refractivity contribution in [3.63, 3.8) is 0 Å². The Hall–Kier alpha value is -2.20. The van der Waals surface area contributed by atoms with Crippen molar-refractivity contribution in [3.8, 4) is 0 Å². The molecule has 0 heterocycles. The van der Waals surface area contributed by atoms with Crippen LogP contribution in [0.15, 0.2) is 0 Å². The Morgan fingerprint density at radius 2 is 1.60 bits per heavy atom. The van der Waals surface area contributed by atoms with Crippen LogP contribution in [0.3, 0.4) is 0 Å². The second kappa shape index (κ2) is 13.9. The SMILES string of the molecule is CCCCOC(=O)C(C)CC(C)(CC)C(=O)OCC(O)CN(CC(=O)O)CC(=O)O. The molecule has 30 heavy (non-hydrogen) atoms. The number of unbranched alkanes of at least 4 members (excludes halogenated alkanes) is 1. The second-order valence-electron chi connectivity index (χ2n) is 7.75. The molecular weight excluding hydrogens is 398 g/mol. The highest BCUT2D eigenvalue weighted by Crippen LogP contribution is 2.32. The average Bonchev–Trinajstić information content (AvgIpc) is 2.64. The summed E-state index contributed by atoms with van der Waals surface area (Å²) < 4.78 is 10.4. The van der Waals surface area contributed by atoms with Crippen molar-refractivity contribution in [2.45, 2.75) is 59.5 Å². The molecule has 0 amide bonds. The molecule has 0 aromatic carbocycles. The van der Waals surface area contributed by atoms with Crippen molar-refractivity contribution in [2.75, 3.05) is 32.8 Å². The maximum Gasteiger partial charge on any atom is 0.317 e. The third kappa shape index (κ3) is 11.1. The quantitative estimate of drug-likeness (QED) is 0.239. The van der Waals surface area contributed by atoms with Gasteiger partial charge in [-0.1, -0.05) is 27.2 Å². The zero-order valence-electron chi connectivity index (χ0n) is 18.3. The van der Waals surface area contributed by atoms with E-state index in [2.05, 4.69) is 0 Å². The van der Waals surface area contributed by atoms with E-state index in [0.717, 1.165) is 17.7 Å². The Morgan fingerprint density at radius 3 is 2.07 bits per heavy atom. The molecule has 0 radical (unpaired) electrons. The molecule has 10 heteroatoms. The van der Waals surface area contributed by atoms with Crippen molar-refractivity contribution in [1.82, 2.24) is 4.90 Å². The Labute approximate surface area is 177 Å². The minimum absolute atomic E-state index is 0.216. The Balaban J connectivity index is 4.75. The third-order valence-electron chi connectivity index (χ3n) is 4.77. The largest absolute Gasteiger partial charge is 0.480 e. The number of carboxylic acids is 2. The van der Waals surface area contributed by atoms with Crippen molar-refractivity contribution < 1.29 is 44.0 Å². The molecular formula is C20H35NO9. The van der Waals surface area contributed by atoms with Crippen LogP contribution in [0.1, 0.15) is 53.4 Å². The van der Waals surface area contributed by atoms with Gasteiger partial charge in [0.1, 0.15) is 12.7 Å². The number of nitrogens with zero attached hydrogens (tertiary/aromatic N) is 1. The zero-order valence-corrected chi connectivity index (χ0v) is 18.3. The molecule has 0 aliphatic heterocycles. The van der Waals surface area contributed by atoms with E-state index in [-0.39, 0.29) is 18.9 Å². The maximum atomic E-state index is 12.6. The van der Waals surface area contributed by atoms with Gasteiger partial charge in [-0.15, -0.1) is 0 Å². The summed E-state index contributed by atoms with van der Waals surface area (Å²) in [6, 6.07) is 0. The number of hydrogen-bond donors (Lipinski definition) is 3. The molecule has 3 unspecified atom stereocenters. The summed E-state index contributed by atoms with van der Waals surface area (Å²) in [6.45, 7) is 5.62. The Morgan fingerprint density at radius 1 is 1.03 bits per heavy atom. The van der Waals surface area contributed by atoms with Gasteiger partial charge in [-0.2, -0.15) is 0 Å². The lowest BCUT2D eigenvalue weighted by Gasteiger charge is -2.29. The van der Waals surface area contributed by atoms with Crippen molar-refractivity contribution in [1.29, 1.82) is 0 Å². The number of aliphatic carboxylic acids is 2. The lowest BCUT2D eigenvalue weighted by atomic mass is 9.79. The summed E-state index contributed by atoms with van der Waals surface area (Å²) in [6.07, 6.45) is 1.03. The van der Waals surface area contributed by atoms with E-state index >= 15 is 0 Å². The third-order valence-corrected chi connectivity index (χ3v) is 4.77. The van der Waals surface area contributed by atoms with Crippen molar-refractivity contribution >= 4 is 23.9 Å². The number of aliphatic hydroxyl groups is 1. The highest BCUT2D eigenvalue weighted by Gasteiger charge is 2.37. The molecule has 0 spiro atoms. The van der Waals surface area contributed by atoms with Gasteiger partial charge in [-0.25, -0.2) is 0 Å². The van der Waals surface area contributed by atoms with Gasteiger partial charge in [-0.3, -0.25) is 24.1 Å². The first-order valence-corrected chi connectivity index (χ1v) is 10.1. The summed E-state index contributed by atoms with van der Waals surface area (Å²) in [4.78, 5) is 47.3. The van der Waals surface area contributed by atoms with Gasteiger partial charge in [0.05, 0.1) is 31.0 Å². The molecule has 10 nitrogen and oxygen atoms in total. The van der Waals surface area contributed by atoms with Crippen LogP contribution >= 0.6 is 0 Å². The molecule has 0 aromatic rings. The molecule has 0 saturated heterocycles. The van der Waals surface area contributed by atoms with Gasteiger partial charge in [0.25, 0.3) is 0 Å². The molecule has 0 bridgehead atoms. The molecule has 0 saturated carbocycles. The minimum atomic E-state index is -1.26. The normalized spacial score (nSPS) is 15.1. The number of carbonyl (C=O) groups is 4. The monoisotopic (exact) mass is 433 g/mol. The molecule has 0 aliphatic carbocycles. The Kier molecular flexibility index (Phi) is 12.9. The minimum Gasteiger partial charge on any atom is -0.480 e. The van der Waals surface area contributed by atoms with Gasteiger partial charge in [-0.05, 0) is 26.2 Å². The van der Waals surface area contributed by atoms with Crippen LogP contribution in [-0.4, -0.2) is 83.0 Å². The van der Waals surface area contributed by atoms with Crippen molar-refractivity contribution in [2.24, 2.45) is 11.3 Å². The molecule has 174 valence electrons. The van der Waals surface area contributed by atoms with Crippen LogP contribution in [0, 0.1) is 11.3 Å². The topological polar surface area (TPSA) is 151 Å². The van der Waals surface area contributed by atoms with E-state index < -0.39 is 55.0 Å². The van der Waals surface area contributed by atoms with E-state index in [1.165, 1.54) is 0 Å². The number of carboxylic acid groups (broad SMARTS) is 2. The first kappa shape index (κ1) is 27.8. The number of rotatable bonds is 16. The highest BCUT2D eigenvalue weighted by atomic mass is 16.5. The van der Waals surface area contributed by atoms with E-state index in [4.69, 9.17) is 19.7 Å². The molecule has 3 atom stereocenters. The molecule has 0 aromatic heterocycles. The smallest absolute Gasteiger partial charge is 0.317 e. The van der Waals surface area contributed by atoms with Gasteiger partial charge >= 0.3 is 23.9 Å². The van der Waals surface area contributed by atoms with Crippen LogP contribution in [0.4, 0.5) is 0 Å². The van der Waals surface area contributed by atoms with Crippen LogP contribution in [0.5, 0.6) is 0 Å². The first-order chi connectivity index (χ1) is 13.9. The van der Waals surface area contributed by atoms with Crippen LogP contribution in [0.2, 0.25) is 0 Å². The molecule has 0 aliphatic rings. The zero-order chi connectivity index (χ0) is 23.3. The number of hydrogen-bond acceptors (Lipinski definition) is 8. The predicted octanol–water partition coefficient (Wildman–Crippen LogP) is 1.15. The number of ether oxygens (including phenoxy) is 2. The number of aliphatic hydroxyl groups excluding tert-OH is 1. The summed E-state index contributed by atoms with van der Waals surface area (Å²) >= 11 is 0. The summed E-state index contributed by atoms with van der Waals surface area (Å²) in [7, 11) is 0. The molecule has 0 rings (SSSR count). The van der Waals surface area contributed by atoms with Gasteiger partial charge in [0, 0.05) is 6.54 Å². The van der Waals surface area contributed by atoms with E-state index in [0.29, 0.717) is 13.0 Å². The van der Waals surface area contributed by atoms with Crippen LogP contribution in [0.25, 0.3) is 0 Å². The number of esters is 2. The standard InChI is InChI=1S/C20H35NO9/c1-5-7-8-29-18(27)14(3)9-20(4,6-2)19(28)30-13-15(22)10-21(11-16(23)24)12-17(25)26/h14-15,22H,5-13H2,1-4H3,(H,23,24)(H,25,26). The fraction of sp³-hybridized carbons (Fsp3) is 0.800. The predicted molar refractivity (Wildman–Crippen MR) is 107 cm³/mol. The fourth-order valence-corrected chi connectivity index (χ4v) is 2.85. The van der Waals surface area contributed by atoms with Crippen LogP contribution < -0.4 is 0 Å². The summed E-state index contributed by atoms with van der Waals surface area (Å²) in [5.74, 6) is -3.96. The summed E-state index contributed by atoms with van der Waals surface area (Å²) in [5, 5.41) is 27.7. The van der Waals surface area contributed by atoms with E-state index in [9.17, 15) is 24.3 Å². The van der Waals surface area contributed by atoms with E-state index in [1.54, 1.807) is 20.8 Å². The highest BCUT2D eigenvalue weighted by molar-refractivity contribution is 5.78. The summed E-state index contributed by atoms with van der Waals surface area (Å²) in [5.41, 5.74) is -0.968. The van der Waals surface area contributed by atoms with Crippen LogP contribution in [-0.2, 0) is 28.7 Å². The lowest BCUT2D eigenvalue weighted by Crippen LogP contribution is -2.42. The molecule has 0 fully saturated rings. The maximum absolute atomic E-state index is 12.6. The van der Waals surface area contributed by atoms with Gasteiger partial charge < -0.3 is 24.8 Å². The first-order valence-electron chi connectivity index (χ1n) is 10.1. The Bertz CT molecular complexity index is 565. The second-order valence-corrected chi connectivity index (χ2v) is 7.75.